The zero-order chi connectivity index (χ0) is 19.0. The van der Waals surface area contributed by atoms with Gasteiger partial charge in [-0.15, -0.1) is 0 Å². The molecule has 0 spiro atoms. The van der Waals surface area contributed by atoms with Gasteiger partial charge in [0.25, 0.3) is 0 Å². The highest BCUT2D eigenvalue weighted by molar-refractivity contribution is 7.57. The van der Waals surface area contributed by atoms with Gasteiger partial charge < -0.3 is 15.7 Å². The molecule has 0 bridgehead atoms. The fourth-order valence-corrected chi connectivity index (χ4v) is 4.08. The molecule has 0 radical (unpaired) electrons. The van der Waals surface area contributed by atoms with E-state index in [-0.39, 0.29) is 30.7 Å². The summed E-state index contributed by atoms with van der Waals surface area (Å²) in [6.07, 6.45) is 1.48. The molecule has 0 amide bonds. The predicted molar refractivity (Wildman–Crippen MR) is 97.9 cm³/mol. The van der Waals surface area contributed by atoms with E-state index in [9.17, 15) is 19.0 Å². The number of carboxylic acids is 1. The number of hydrogen-bond acceptors (Lipinski definition) is 4. The Morgan fingerprint density at radius 1 is 1.24 bits per heavy atom. The summed E-state index contributed by atoms with van der Waals surface area (Å²) in [5.74, 6) is -1.89. The van der Waals surface area contributed by atoms with E-state index in [1.54, 1.807) is 6.92 Å². The van der Waals surface area contributed by atoms with Gasteiger partial charge in [-0.1, -0.05) is 37.3 Å². The molecule has 0 aliphatic carbocycles. The minimum Gasteiger partial charge on any atom is -0.480 e. The molecular weight excluding hydrogens is 341 g/mol. The second-order valence-electron chi connectivity index (χ2n) is 6.91. The Labute approximate surface area is 148 Å². The molecule has 1 aromatic carbocycles. The van der Waals surface area contributed by atoms with Gasteiger partial charge in [-0.3, -0.25) is 14.2 Å². The van der Waals surface area contributed by atoms with Crippen LogP contribution in [0.2, 0.25) is 0 Å². The first-order valence-electron chi connectivity index (χ1n) is 8.42. The molecule has 3 unspecified atom stereocenters. The summed E-state index contributed by atoms with van der Waals surface area (Å²) in [6.45, 7) is 3.04. The van der Waals surface area contributed by atoms with Crippen LogP contribution in [-0.2, 0) is 20.6 Å². The Morgan fingerprint density at radius 2 is 1.84 bits per heavy atom. The highest BCUT2D eigenvalue weighted by Crippen LogP contribution is 2.39. The van der Waals surface area contributed by atoms with Crippen LogP contribution in [0.3, 0.4) is 0 Å². The van der Waals surface area contributed by atoms with Gasteiger partial charge in [0.15, 0.2) is 7.37 Å². The molecule has 25 heavy (non-hydrogen) atoms. The minimum atomic E-state index is -3.32. The second-order valence-corrected chi connectivity index (χ2v) is 9.38. The monoisotopic (exact) mass is 369 g/mol. The molecule has 4 atom stereocenters. The number of aryl methyl sites for hydroxylation is 1. The fraction of sp³-hybridized carbons (Fsp3) is 0.556. The standard InChI is InChI=1S/C18H28NO5P/c1-13(10-16(19)18(21)22)11-17(20)15(12-25(2,23)24)9-8-14-6-4-3-5-7-14/h3-7,13,15-16H,8-12,19H2,1-2H3,(H,21,22)(H,23,24)/t13?,15?,16-/m0/s1. The van der Waals surface area contributed by atoms with Crippen LogP contribution in [-0.4, -0.2) is 40.6 Å². The number of hydrogen-bond donors (Lipinski definition) is 3. The lowest BCUT2D eigenvalue weighted by Gasteiger charge is -2.20. The summed E-state index contributed by atoms with van der Waals surface area (Å²) in [5.41, 5.74) is 6.58. The molecule has 7 heteroatoms. The predicted octanol–water partition coefficient (Wildman–Crippen LogP) is 2.53. The molecule has 0 aliphatic heterocycles. The molecule has 0 aromatic heterocycles. The van der Waals surface area contributed by atoms with Crippen LogP contribution in [0.25, 0.3) is 0 Å². The number of rotatable bonds is 11. The number of aliphatic carboxylic acids is 1. The van der Waals surface area contributed by atoms with Gasteiger partial charge in [-0.25, -0.2) is 0 Å². The summed E-state index contributed by atoms with van der Waals surface area (Å²) in [5, 5.41) is 8.86. The summed E-state index contributed by atoms with van der Waals surface area (Å²) >= 11 is 0. The molecule has 4 N–H and O–H groups in total. The van der Waals surface area contributed by atoms with Crippen molar-refractivity contribution in [2.24, 2.45) is 17.6 Å². The lowest BCUT2D eigenvalue weighted by atomic mass is 9.89. The van der Waals surface area contributed by atoms with E-state index in [1.807, 2.05) is 30.3 Å². The molecule has 1 rings (SSSR count). The normalized spacial score (nSPS) is 17.3. The number of carbonyl (C=O) groups is 2. The molecule has 1 aromatic rings. The van der Waals surface area contributed by atoms with Crippen LogP contribution in [0.4, 0.5) is 0 Å². The average molecular weight is 369 g/mol. The maximum Gasteiger partial charge on any atom is 0.320 e. The Morgan fingerprint density at radius 3 is 2.36 bits per heavy atom. The molecule has 0 heterocycles. The van der Waals surface area contributed by atoms with Gasteiger partial charge >= 0.3 is 5.97 Å². The Balaban J connectivity index is 2.69. The number of ketones is 1. The number of nitrogens with two attached hydrogens (primary N) is 1. The quantitative estimate of drug-likeness (QED) is 0.516. The topological polar surface area (TPSA) is 118 Å². The van der Waals surface area contributed by atoms with Crippen LogP contribution in [0.15, 0.2) is 30.3 Å². The van der Waals surface area contributed by atoms with Crippen molar-refractivity contribution in [2.75, 3.05) is 12.8 Å². The number of carboxylic acid groups (broad SMARTS) is 1. The van der Waals surface area contributed by atoms with Crippen molar-refractivity contribution in [3.63, 3.8) is 0 Å². The van der Waals surface area contributed by atoms with Crippen LogP contribution < -0.4 is 5.73 Å². The van der Waals surface area contributed by atoms with E-state index < -0.39 is 25.3 Å². The molecule has 0 fully saturated rings. The Bertz CT molecular complexity index is 613. The summed E-state index contributed by atoms with van der Waals surface area (Å²) in [7, 11) is -3.32. The number of benzene rings is 1. The van der Waals surface area contributed by atoms with Crippen LogP contribution in [0, 0.1) is 11.8 Å². The first-order chi connectivity index (χ1) is 11.6. The molecule has 6 nitrogen and oxygen atoms in total. The lowest BCUT2D eigenvalue weighted by Crippen LogP contribution is -2.33. The Hall–Kier alpha value is -1.49. The van der Waals surface area contributed by atoms with Crippen LogP contribution in [0.1, 0.15) is 31.7 Å². The zero-order valence-corrected chi connectivity index (χ0v) is 15.7. The Kier molecular flexibility index (Phi) is 8.50. The van der Waals surface area contributed by atoms with Crippen LogP contribution >= 0.6 is 7.37 Å². The zero-order valence-electron chi connectivity index (χ0n) is 14.8. The van der Waals surface area contributed by atoms with Crippen molar-refractivity contribution < 1.29 is 24.2 Å². The van der Waals surface area contributed by atoms with E-state index in [2.05, 4.69) is 0 Å². The highest BCUT2D eigenvalue weighted by atomic mass is 31.2. The van der Waals surface area contributed by atoms with Gasteiger partial charge in [0, 0.05) is 25.2 Å². The first kappa shape index (κ1) is 21.6. The maximum absolute atomic E-state index is 12.6. The molecular formula is C18H28NO5P. The van der Waals surface area contributed by atoms with E-state index in [1.165, 1.54) is 6.66 Å². The number of carbonyl (C=O) groups excluding carboxylic acids is 1. The maximum atomic E-state index is 12.6. The van der Waals surface area contributed by atoms with E-state index in [0.717, 1.165) is 5.56 Å². The molecule has 0 saturated carbocycles. The third-order valence-corrected chi connectivity index (χ3v) is 5.28. The molecule has 140 valence electrons. The lowest BCUT2D eigenvalue weighted by molar-refractivity contribution is -0.139. The fourth-order valence-electron chi connectivity index (χ4n) is 2.88. The van der Waals surface area contributed by atoms with Crippen molar-refractivity contribution >= 4 is 19.1 Å². The highest BCUT2D eigenvalue weighted by Gasteiger charge is 2.27. The second kappa shape index (κ2) is 9.85. The third kappa shape index (κ3) is 8.96. The molecule has 0 saturated heterocycles. The van der Waals surface area contributed by atoms with E-state index in [0.29, 0.717) is 12.8 Å². The van der Waals surface area contributed by atoms with Gasteiger partial charge in [-0.2, -0.15) is 0 Å². The SMILES string of the molecule is CC(CC(=O)C(CCc1ccccc1)CP(C)(=O)O)C[C@H](N)C(=O)O. The average Bonchev–Trinajstić information content (AvgIpc) is 2.50. The summed E-state index contributed by atoms with van der Waals surface area (Å²) in [4.78, 5) is 33.1. The summed E-state index contributed by atoms with van der Waals surface area (Å²) < 4.78 is 11.8. The summed E-state index contributed by atoms with van der Waals surface area (Å²) in [6, 6.07) is 8.66. The smallest absolute Gasteiger partial charge is 0.320 e. The van der Waals surface area contributed by atoms with Crippen LogP contribution in [0.5, 0.6) is 0 Å². The van der Waals surface area contributed by atoms with E-state index in [4.69, 9.17) is 10.8 Å². The first-order valence-corrected chi connectivity index (χ1v) is 10.7. The van der Waals surface area contributed by atoms with Gasteiger partial charge in [-0.05, 0) is 30.7 Å². The van der Waals surface area contributed by atoms with Gasteiger partial charge in [0.1, 0.15) is 11.8 Å². The number of Topliss-reactive ketones (excluding diaryl/α,β-unsaturated/α-hetero) is 1. The third-order valence-electron chi connectivity index (χ3n) is 4.16. The van der Waals surface area contributed by atoms with Crippen molar-refractivity contribution in [1.82, 2.24) is 0 Å². The van der Waals surface area contributed by atoms with Crippen molar-refractivity contribution in [3.8, 4) is 0 Å². The largest absolute Gasteiger partial charge is 0.480 e. The molecule has 0 aliphatic rings. The van der Waals surface area contributed by atoms with Crippen molar-refractivity contribution in [1.29, 1.82) is 0 Å². The van der Waals surface area contributed by atoms with Crippen molar-refractivity contribution in [3.05, 3.63) is 35.9 Å². The minimum absolute atomic E-state index is 0.0453. The van der Waals surface area contributed by atoms with Crippen molar-refractivity contribution in [2.45, 2.75) is 38.6 Å². The van der Waals surface area contributed by atoms with Gasteiger partial charge in [0.05, 0.1) is 0 Å². The van der Waals surface area contributed by atoms with Gasteiger partial charge in [0.2, 0.25) is 0 Å². The van der Waals surface area contributed by atoms with E-state index >= 15 is 0 Å².